The van der Waals surface area contributed by atoms with Gasteiger partial charge in [-0.25, -0.2) is 0 Å². The van der Waals surface area contributed by atoms with E-state index in [2.05, 4.69) is 25.1 Å². The first-order chi connectivity index (χ1) is 8.24. The smallest absolute Gasteiger partial charge is 0.122 e. The lowest BCUT2D eigenvalue weighted by molar-refractivity contribution is 0.132. The Morgan fingerprint density at radius 3 is 2.76 bits per heavy atom. The molecule has 0 amide bonds. The van der Waals surface area contributed by atoms with Crippen LogP contribution in [0.25, 0.3) is 0 Å². The van der Waals surface area contributed by atoms with Gasteiger partial charge in [0, 0.05) is 0 Å². The van der Waals surface area contributed by atoms with Gasteiger partial charge >= 0.3 is 0 Å². The molecular weight excluding hydrogens is 212 g/mol. The molecule has 0 heterocycles. The summed E-state index contributed by atoms with van der Waals surface area (Å²) in [7, 11) is 1.72. The minimum Gasteiger partial charge on any atom is -0.496 e. The van der Waals surface area contributed by atoms with Crippen LogP contribution in [-0.4, -0.2) is 18.3 Å². The molecule has 0 aromatic heterocycles. The summed E-state index contributed by atoms with van der Waals surface area (Å²) in [6.07, 6.45) is 5.20. The molecule has 2 unspecified atom stereocenters. The highest BCUT2D eigenvalue weighted by Gasteiger charge is 2.25. The average Bonchev–Trinajstić information content (AvgIpc) is 2.75. The summed E-state index contributed by atoms with van der Waals surface area (Å²) < 4.78 is 5.33. The number of aliphatic hydroxyl groups excluding tert-OH is 1. The van der Waals surface area contributed by atoms with Crippen molar-refractivity contribution < 1.29 is 9.84 Å². The largest absolute Gasteiger partial charge is 0.496 e. The number of hydrogen-bond acceptors (Lipinski definition) is 2. The lowest BCUT2D eigenvalue weighted by atomic mass is 9.94. The molecule has 94 valence electrons. The number of ether oxygens (including phenoxy) is 1. The molecule has 0 radical (unpaired) electrons. The highest BCUT2D eigenvalue weighted by molar-refractivity contribution is 5.37. The van der Waals surface area contributed by atoms with Gasteiger partial charge in [-0.1, -0.05) is 25.5 Å². The van der Waals surface area contributed by atoms with Crippen LogP contribution in [0.15, 0.2) is 18.2 Å². The van der Waals surface area contributed by atoms with Gasteiger partial charge in [0.25, 0.3) is 0 Å². The van der Waals surface area contributed by atoms with Crippen LogP contribution in [-0.2, 0) is 12.8 Å². The first kappa shape index (κ1) is 12.4. The molecule has 0 saturated heterocycles. The zero-order valence-corrected chi connectivity index (χ0v) is 10.8. The topological polar surface area (TPSA) is 29.5 Å². The molecular formula is C15H22O2. The minimum absolute atomic E-state index is 0.0952. The Morgan fingerprint density at radius 2 is 2.18 bits per heavy atom. The quantitative estimate of drug-likeness (QED) is 0.868. The van der Waals surface area contributed by atoms with Gasteiger partial charge in [-0.05, 0) is 48.8 Å². The van der Waals surface area contributed by atoms with E-state index in [9.17, 15) is 5.11 Å². The molecule has 1 aliphatic carbocycles. The monoisotopic (exact) mass is 234 g/mol. The van der Waals surface area contributed by atoms with Crippen molar-refractivity contribution in [2.45, 2.75) is 45.1 Å². The lowest BCUT2D eigenvalue weighted by Crippen LogP contribution is -2.15. The second-order valence-electron chi connectivity index (χ2n) is 4.96. The fourth-order valence-corrected chi connectivity index (χ4v) is 2.79. The van der Waals surface area contributed by atoms with E-state index < -0.39 is 0 Å². The van der Waals surface area contributed by atoms with Gasteiger partial charge < -0.3 is 9.84 Å². The van der Waals surface area contributed by atoms with Crippen LogP contribution in [0.1, 0.15) is 37.3 Å². The van der Waals surface area contributed by atoms with Crippen LogP contribution in [0.2, 0.25) is 0 Å². The predicted octanol–water partition coefficient (Wildman–Crippen LogP) is 2.96. The van der Waals surface area contributed by atoms with Crippen molar-refractivity contribution >= 4 is 0 Å². The zero-order valence-electron chi connectivity index (χ0n) is 10.8. The Balaban J connectivity index is 2.10. The number of aliphatic hydroxyl groups is 1. The Hall–Kier alpha value is -1.02. The fraction of sp³-hybridized carbons (Fsp3) is 0.600. The summed E-state index contributed by atoms with van der Waals surface area (Å²) in [6, 6.07) is 6.41. The van der Waals surface area contributed by atoms with Crippen molar-refractivity contribution in [3.8, 4) is 5.75 Å². The SMILES string of the molecule is CCc1cc(CC2CCCC2O)ccc1OC. The summed E-state index contributed by atoms with van der Waals surface area (Å²) in [6.45, 7) is 2.14. The van der Waals surface area contributed by atoms with Crippen molar-refractivity contribution in [1.29, 1.82) is 0 Å². The second kappa shape index (κ2) is 5.54. The normalized spacial score (nSPS) is 23.9. The third kappa shape index (κ3) is 2.81. The van der Waals surface area contributed by atoms with E-state index in [0.29, 0.717) is 5.92 Å². The Bertz CT molecular complexity index is 373. The molecule has 2 nitrogen and oxygen atoms in total. The molecule has 2 heteroatoms. The van der Waals surface area contributed by atoms with Crippen molar-refractivity contribution in [3.05, 3.63) is 29.3 Å². The van der Waals surface area contributed by atoms with Crippen LogP contribution >= 0.6 is 0 Å². The fourth-order valence-electron chi connectivity index (χ4n) is 2.79. The highest BCUT2D eigenvalue weighted by Crippen LogP contribution is 2.30. The van der Waals surface area contributed by atoms with Gasteiger partial charge in [0.05, 0.1) is 13.2 Å². The molecule has 1 fully saturated rings. The average molecular weight is 234 g/mol. The molecule has 1 saturated carbocycles. The van der Waals surface area contributed by atoms with Crippen molar-refractivity contribution in [1.82, 2.24) is 0 Å². The molecule has 1 aliphatic rings. The maximum Gasteiger partial charge on any atom is 0.122 e. The molecule has 0 spiro atoms. The lowest BCUT2D eigenvalue weighted by Gasteiger charge is -2.15. The van der Waals surface area contributed by atoms with E-state index in [1.165, 1.54) is 17.5 Å². The number of methoxy groups -OCH3 is 1. The molecule has 0 bridgehead atoms. The first-order valence-corrected chi connectivity index (χ1v) is 6.58. The number of aryl methyl sites for hydroxylation is 1. The third-order valence-electron chi connectivity index (χ3n) is 3.84. The zero-order chi connectivity index (χ0) is 12.3. The molecule has 1 N–H and O–H groups in total. The van der Waals surface area contributed by atoms with Gasteiger partial charge in [0.2, 0.25) is 0 Å². The predicted molar refractivity (Wildman–Crippen MR) is 69.4 cm³/mol. The van der Waals surface area contributed by atoms with Crippen LogP contribution in [0.4, 0.5) is 0 Å². The standard InChI is InChI=1S/C15H22O2/c1-3-12-9-11(7-8-15(12)17-2)10-13-5-4-6-14(13)16/h7-9,13-14,16H,3-6,10H2,1-2H3. The van der Waals surface area contributed by atoms with Crippen LogP contribution in [0.3, 0.4) is 0 Å². The number of rotatable bonds is 4. The number of benzene rings is 1. The van der Waals surface area contributed by atoms with E-state index in [1.54, 1.807) is 7.11 Å². The van der Waals surface area contributed by atoms with Crippen molar-refractivity contribution in [3.63, 3.8) is 0 Å². The number of hydrogen-bond donors (Lipinski definition) is 1. The second-order valence-corrected chi connectivity index (χ2v) is 4.96. The van der Waals surface area contributed by atoms with Gasteiger partial charge in [-0.3, -0.25) is 0 Å². The first-order valence-electron chi connectivity index (χ1n) is 6.58. The molecule has 2 rings (SSSR count). The van der Waals surface area contributed by atoms with Gasteiger partial charge in [0.1, 0.15) is 5.75 Å². The van der Waals surface area contributed by atoms with Crippen LogP contribution in [0.5, 0.6) is 5.75 Å². The van der Waals surface area contributed by atoms with E-state index in [0.717, 1.165) is 31.4 Å². The summed E-state index contributed by atoms with van der Waals surface area (Å²) in [5.74, 6) is 1.43. The van der Waals surface area contributed by atoms with E-state index >= 15 is 0 Å². The maximum atomic E-state index is 9.85. The molecule has 0 aliphatic heterocycles. The maximum absolute atomic E-state index is 9.85. The Labute approximate surface area is 104 Å². The van der Waals surface area contributed by atoms with Gasteiger partial charge in [0.15, 0.2) is 0 Å². The Kier molecular flexibility index (Phi) is 4.06. The highest BCUT2D eigenvalue weighted by atomic mass is 16.5. The minimum atomic E-state index is -0.0952. The molecule has 1 aromatic rings. The van der Waals surface area contributed by atoms with E-state index in [1.807, 2.05) is 0 Å². The molecule has 17 heavy (non-hydrogen) atoms. The summed E-state index contributed by atoms with van der Waals surface area (Å²) in [4.78, 5) is 0. The summed E-state index contributed by atoms with van der Waals surface area (Å²) >= 11 is 0. The van der Waals surface area contributed by atoms with Crippen LogP contribution in [0, 0.1) is 5.92 Å². The molecule has 1 aromatic carbocycles. The van der Waals surface area contributed by atoms with Gasteiger partial charge in [-0.15, -0.1) is 0 Å². The van der Waals surface area contributed by atoms with E-state index in [-0.39, 0.29) is 6.10 Å². The Morgan fingerprint density at radius 1 is 1.35 bits per heavy atom. The van der Waals surface area contributed by atoms with Gasteiger partial charge in [-0.2, -0.15) is 0 Å². The van der Waals surface area contributed by atoms with Crippen molar-refractivity contribution in [2.75, 3.05) is 7.11 Å². The van der Waals surface area contributed by atoms with Crippen molar-refractivity contribution in [2.24, 2.45) is 5.92 Å². The third-order valence-corrected chi connectivity index (χ3v) is 3.84. The molecule has 2 atom stereocenters. The van der Waals surface area contributed by atoms with E-state index in [4.69, 9.17) is 4.74 Å². The van der Waals surface area contributed by atoms with Crippen LogP contribution < -0.4 is 4.74 Å². The summed E-state index contributed by atoms with van der Waals surface area (Å²) in [5, 5.41) is 9.85. The summed E-state index contributed by atoms with van der Waals surface area (Å²) in [5.41, 5.74) is 2.59.